The van der Waals surface area contributed by atoms with Gasteiger partial charge in [0.15, 0.2) is 0 Å². The fourth-order valence-electron chi connectivity index (χ4n) is 3.17. The Morgan fingerprint density at radius 1 is 1.30 bits per heavy atom. The third-order valence-corrected chi connectivity index (χ3v) is 4.23. The first kappa shape index (κ1) is 12.9. The summed E-state index contributed by atoms with van der Waals surface area (Å²) in [5.74, 6) is 0.202. The van der Waals surface area contributed by atoms with Gasteiger partial charge in [0.2, 0.25) is 5.91 Å². The summed E-state index contributed by atoms with van der Waals surface area (Å²) in [4.78, 5) is 14.1. The molecule has 0 spiro atoms. The summed E-state index contributed by atoms with van der Waals surface area (Å²) in [5.41, 5.74) is 3.80. The molecule has 0 saturated carbocycles. The lowest BCUT2D eigenvalue weighted by atomic mass is 9.87. The van der Waals surface area contributed by atoms with Crippen molar-refractivity contribution in [3.05, 3.63) is 41.0 Å². The zero-order valence-electron chi connectivity index (χ0n) is 11.9. The van der Waals surface area contributed by atoms with Crippen molar-refractivity contribution in [1.82, 2.24) is 4.90 Å². The van der Waals surface area contributed by atoms with E-state index in [1.807, 2.05) is 23.1 Å². The minimum absolute atomic E-state index is 0.0869. The van der Waals surface area contributed by atoms with E-state index in [0.29, 0.717) is 12.0 Å². The molecule has 1 aliphatic heterocycles. The average Bonchev–Trinajstić information content (AvgIpc) is 2.70. The largest absolute Gasteiger partial charge is 0.312 e. The van der Waals surface area contributed by atoms with Gasteiger partial charge in [-0.05, 0) is 36.6 Å². The number of allylic oxidation sites excluding steroid dienone is 1. The molecule has 2 aliphatic rings. The van der Waals surface area contributed by atoms with E-state index in [-0.39, 0.29) is 11.3 Å². The first-order valence-corrected chi connectivity index (χ1v) is 7.11. The summed E-state index contributed by atoms with van der Waals surface area (Å²) in [7, 11) is 0. The van der Waals surface area contributed by atoms with Crippen LogP contribution in [0.1, 0.15) is 49.8 Å². The fraction of sp³-hybridized carbons (Fsp3) is 0.412. The van der Waals surface area contributed by atoms with E-state index in [9.17, 15) is 4.79 Å². The van der Waals surface area contributed by atoms with Gasteiger partial charge in [-0.15, -0.1) is 0 Å². The van der Waals surface area contributed by atoms with E-state index in [4.69, 9.17) is 5.26 Å². The molecule has 0 bridgehead atoms. The molecule has 0 aromatic heterocycles. The average molecular weight is 266 g/mol. The molecule has 1 aromatic carbocycles. The molecule has 3 heteroatoms. The minimum Gasteiger partial charge on any atom is -0.312 e. The number of hydrogen-bond acceptors (Lipinski definition) is 2. The highest BCUT2D eigenvalue weighted by molar-refractivity contribution is 5.90. The fourth-order valence-corrected chi connectivity index (χ4v) is 3.17. The molecule has 1 aromatic rings. The number of carbonyl (C=O) groups is 1. The van der Waals surface area contributed by atoms with Crippen LogP contribution in [0.15, 0.2) is 24.3 Å². The first-order valence-electron chi connectivity index (χ1n) is 7.11. The van der Waals surface area contributed by atoms with Crippen LogP contribution in [0.5, 0.6) is 0 Å². The number of fused-ring (bicyclic) bond motifs is 1. The molecular weight excluding hydrogens is 248 g/mol. The Labute approximate surface area is 119 Å². The molecule has 3 nitrogen and oxygen atoms in total. The molecule has 0 radical (unpaired) electrons. The van der Waals surface area contributed by atoms with Crippen molar-refractivity contribution >= 4 is 11.6 Å². The summed E-state index contributed by atoms with van der Waals surface area (Å²) in [6.45, 7) is 5.09. The Morgan fingerprint density at radius 2 is 2.10 bits per heavy atom. The van der Waals surface area contributed by atoms with Crippen LogP contribution in [0.2, 0.25) is 0 Å². The number of piperidine rings is 1. The number of nitrogens with zero attached hydrogens (tertiary/aromatic N) is 2. The molecule has 1 saturated heterocycles. The molecule has 0 N–H and O–H groups in total. The van der Waals surface area contributed by atoms with Crippen LogP contribution in [0, 0.1) is 11.3 Å². The van der Waals surface area contributed by atoms with E-state index in [2.05, 4.69) is 26.0 Å². The highest BCUT2D eigenvalue weighted by atomic mass is 16.2. The van der Waals surface area contributed by atoms with Gasteiger partial charge in [0.1, 0.15) is 0 Å². The summed E-state index contributed by atoms with van der Waals surface area (Å²) in [5, 5.41) is 9.10. The number of likely N-dealkylation sites (tertiary alicyclic amines) is 1. The van der Waals surface area contributed by atoms with Gasteiger partial charge in [0.05, 0.1) is 11.6 Å². The van der Waals surface area contributed by atoms with Gasteiger partial charge in [0, 0.05) is 29.6 Å². The van der Waals surface area contributed by atoms with Crippen LogP contribution >= 0.6 is 0 Å². The maximum absolute atomic E-state index is 12.2. The highest BCUT2D eigenvalue weighted by Crippen LogP contribution is 2.42. The number of rotatable bonds is 1. The third-order valence-electron chi connectivity index (χ3n) is 4.23. The van der Waals surface area contributed by atoms with Crippen LogP contribution in [0.3, 0.4) is 0 Å². The standard InChI is InChI=1S/C17H18N2O/c1-17(2)10-15(19-8-4-3-5-16(19)20)13-9-12(11-18)6-7-14(13)17/h6-7,9-10H,3-5,8H2,1-2H3. The number of benzene rings is 1. The predicted molar refractivity (Wildman–Crippen MR) is 77.7 cm³/mol. The monoisotopic (exact) mass is 266 g/mol. The molecule has 1 aliphatic carbocycles. The van der Waals surface area contributed by atoms with Gasteiger partial charge in [-0.2, -0.15) is 5.26 Å². The van der Waals surface area contributed by atoms with E-state index in [0.717, 1.165) is 30.6 Å². The van der Waals surface area contributed by atoms with Gasteiger partial charge in [-0.1, -0.05) is 19.9 Å². The normalized spacial score (nSPS) is 20.4. The van der Waals surface area contributed by atoms with E-state index >= 15 is 0 Å². The SMILES string of the molecule is CC1(C)C=C(N2CCCCC2=O)c2cc(C#N)ccc21. The third kappa shape index (κ3) is 1.92. The second-order valence-electron chi connectivity index (χ2n) is 6.13. The van der Waals surface area contributed by atoms with Crippen LogP contribution in [0.25, 0.3) is 5.70 Å². The number of nitriles is 1. The van der Waals surface area contributed by atoms with Crippen molar-refractivity contribution in [2.75, 3.05) is 6.54 Å². The Morgan fingerprint density at radius 3 is 2.80 bits per heavy atom. The smallest absolute Gasteiger partial charge is 0.226 e. The molecule has 0 unspecified atom stereocenters. The summed E-state index contributed by atoms with van der Waals surface area (Å²) < 4.78 is 0. The zero-order valence-corrected chi connectivity index (χ0v) is 11.9. The second-order valence-corrected chi connectivity index (χ2v) is 6.13. The topological polar surface area (TPSA) is 44.1 Å². The Balaban J connectivity index is 2.10. The van der Waals surface area contributed by atoms with Gasteiger partial charge in [-0.3, -0.25) is 4.79 Å². The quantitative estimate of drug-likeness (QED) is 0.783. The van der Waals surface area contributed by atoms with Crippen molar-refractivity contribution in [2.24, 2.45) is 0 Å². The number of amides is 1. The van der Waals surface area contributed by atoms with Crippen LogP contribution in [-0.4, -0.2) is 17.4 Å². The zero-order chi connectivity index (χ0) is 14.3. The lowest BCUT2D eigenvalue weighted by Crippen LogP contribution is -2.33. The van der Waals surface area contributed by atoms with Crippen molar-refractivity contribution in [2.45, 2.75) is 38.5 Å². The van der Waals surface area contributed by atoms with Crippen LogP contribution in [0.4, 0.5) is 0 Å². The lowest BCUT2D eigenvalue weighted by Gasteiger charge is -2.28. The first-order chi connectivity index (χ1) is 9.53. The minimum atomic E-state index is -0.0869. The number of carbonyl (C=O) groups excluding carboxylic acids is 1. The summed E-state index contributed by atoms with van der Waals surface area (Å²) in [6.07, 6.45) is 4.83. The van der Waals surface area contributed by atoms with Crippen molar-refractivity contribution in [3.8, 4) is 6.07 Å². The van der Waals surface area contributed by atoms with E-state index in [1.54, 1.807) is 0 Å². The van der Waals surface area contributed by atoms with Gasteiger partial charge in [0.25, 0.3) is 0 Å². The molecule has 1 amide bonds. The van der Waals surface area contributed by atoms with Crippen LogP contribution < -0.4 is 0 Å². The Hall–Kier alpha value is -2.08. The van der Waals surface area contributed by atoms with Gasteiger partial charge >= 0.3 is 0 Å². The molecule has 1 heterocycles. The Kier molecular flexibility index (Phi) is 2.90. The summed E-state index contributed by atoms with van der Waals surface area (Å²) >= 11 is 0. The van der Waals surface area contributed by atoms with Gasteiger partial charge in [-0.25, -0.2) is 0 Å². The Bertz CT molecular complexity index is 649. The van der Waals surface area contributed by atoms with Gasteiger partial charge < -0.3 is 4.90 Å². The molecule has 3 rings (SSSR count). The maximum atomic E-state index is 12.2. The van der Waals surface area contributed by atoms with Crippen molar-refractivity contribution in [3.63, 3.8) is 0 Å². The summed E-state index contributed by atoms with van der Waals surface area (Å²) in [6, 6.07) is 7.98. The lowest BCUT2D eigenvalue weighted by molar-refractivity contribution is -0.129. The molecule has 102 valence electrons. The van der Waals surface area contributed by atoms with Crippen molar-refractivity contribution in [1.29, 1.82) is 5.26 Å². The second kappa shape index (κ2) is 4.49. The van der Waals surface area contributed by atoms with Crippen molar-refractivity contribution < 1.29 is 4.79 Å². The molecule has 0 atom stereocenters. The molecule has 1 fully saturated rings. The molecule has 20 heavy (non-hydrogen) atoms. The predicted octanol–water partition coefficient (Wildman–Crippen LogP) is 3.20. The van der Waals surface area contributed by atoms with E-state index in [1.165, 1.54) is 5.56 Å². The van der Waals surface area contributed by atoms with E-state index < -0.39 is 0 Å². The highest BCUT2D eigenvalue weighted by Gasteiger charge is 2.34. The van der Waals surface area contributed by atoms with Crippen LogP contribution in [-0.2, 0) is 10.2 Å². The molecular formula is C17H18N2O. The maximum Gasteiger partial charge on any atom is 0.226 e. The number of hydrogen-bond donors (Lipinski definition) is 0.